The summed E-state index contributed by atoms with van der Waals surface area (Å²) < 4.78 is 5.11. The topological polar surface area (TPSA) is 26.0 Å². The third kappa shape index (κ3) is 2.20. The van der Waals surface area contributed by atoms with E-state index in [1.807, 2.05) is 13.8 Å². The van der Waals surface area contributed by atoms with Crippen molar-refractivity contribution in [2.24, 2.45) is 0 Å². The van der Waals surface area contributed by atoms with Gasteiger partial charge in [-0.25, -0.2) is 0 Å². The molecule has 3 heteroatoms. The van der Waals surface area contributed by atoms with Crippen LogP contribution < -0.4 is 0 Å². The van der Waals surface area contributed by atoms with Gasteiger partial charge in [0, 0.05) is 13.6 Å². The zero-order valence-electron chi connectivity index (χ0n) is 8.56. The molecule has 0 amide bonds. The summed E-state index contributed by atoms with van der Waals surface area (Å²) in [6.45, 7) is 11.1. The molecular formula is C9H17NOSi. The van der Waals surface area contributed by atoms with Gasteiger partial charge < -0.3 is 4.52 Å². The molecule has 0 fully saturated rings. The summed E-state index contributed by atoms with van der Waals surface area (Å²) in [5, 5.41) is 3.95. The van der Waals surface area contributed by atoms with Gasteiger partial charge in [-0.2, -0.15) is 0 Å². The lowest BCUT2D eigenvalue weighted by Gasteiger charge is -2.14. The van der Waals surface area contributed by atoms with Crippen molar-refractivity contribution in [3.63, 3.8) is 0 Å². The highest BCUT2D eigenvalue weighted by Crippen LogP contribution is 2.18. The number of aryl methyl sites for hydroxylation is 2. The predicted octanol–water partition coefficient (Wildman–Crippen LogP) is 2.71. The molecule has 68 valence electrons. The van der Waals surface area contributed by atoms with Crippen LogP contribution in [-0.2, 0) is 6.04 Å². The summed E-state index contributed by atoms with van der Waals surface area (Å²) in [6.07, 6.45) is 0. The molecule has 0 spiro atoms. The fourth-order valence-corrected chi connectivity index (χ4v) is 2.85. The van der Waals surface area contributed by atoms with Gasteiger partial charge in [-0.05, 0) is 19.9 Å². The van der Waals surface area contributed by atoms with Crippen LogP contribution in [-0.4, -0.2) is 13.2 Å². The average Bonchev–Trinajstić information content (AvgIpc) is 2.16. The molecule has 0 saturated heterocycles. The molecule has 0 saturated carbocycles. The predicted molar refractivity (Wildman–Crippen MR) is 53.0 cm³/mol. The van der Waals surface area contributed by atoms with E-state index in [1.165, 1.54) is 11.6 Å². The van der Waals surface area contributed by atoms with Crippen LogP contribution in [0, 0.1) is 13.8 Å². The molecule has 0 N–H and O–H groups in total. The van der Waals surface area contributed by atoms with Gasteiger partial charge in [0.05, 0.1) is 5.69 Å². The lowest BCUT2D eigenvalue weighted by molar-refractivity contribution is 0.392. The Kier molecular flexibility index (Phi) is 2.42. The fourth-order valence-electron chi connectivity index (χ4n) is 1.28. The quantitative estimate of drug-likeness (QED) is 0.659. The van der Waals surface area contributed by atoms with E-state index in [2.05, 4.69) is 24.8 Å². The Morgan fingerprint density at radius 2 is 1.83 bits per heavy atom. The first-order valence-corrected chi connectivity index (χ1v) is 8.02. The Morgan fingerprint density at radius 1 is 1.25 bits per heavy atom. The molecule has 2 nitrogen and oxygen atoms in total. The molecule has 0 unspecified atom stereocenters. The Labute approximate surface area is 75.0 Å². The minimum Gasteiger partial charge on any atom is -0.361 e. The monoisotopic (exact) mass is 183 g/mol. The molecule has 1 aromatic heterocycles. The van der Waals surface area contributed by atoms with Gasteiger partial charge in [-0.1, -0.05) is 24.8 Å². The summed E-state index contributed by atoms with van der Waals surface area (Å²) in [6, 6.07) is 1.17. The maximum absolute atomic E-state index is 5.11. The summed E-state index contributed by atoms with van der Waals surface area (Å²) >= 11 is 0. The van der Waals surface area contributed by atoms with E-state index in [0.717, 1.165) is 11.5 Å². The van der Waals surface area contributed by atoms with E-state index in [-0.39, 0.29) is 0 Å². The first-order valence-electron chi connectivity index (χ1n) is 4.32. The zero-order chi connectivity index (χ0) is 9.35. The van der Waals surface area contributed by atoms with Crippen molar-refractivity contribution in [2.45, 2.75) is 39.5 Å². The van der Waals surface area contributed by atoms with Crippen molar-refractivity contribution in [2.75, 3.05) is 0 Å². The molecule has 0 aliphatic heterocycles. The van der Waals surface area contributed by atoms with E-state index in [0.29, 0.717) is 0 Å². The van der Waals surface area contributed by atoms with Gasteiger partial charge in [0.25, 0.3) is 0 Å². The maximum Gasteiger partial charge on any atom is 0.136 e. The Hall–Kier alpha value is -0.573. The second kappa shape index (κ2) is 3.05. The molecule has 0 radical (unpaired) electrons. The molecule has 1 aromatic rings. The van der Waals surface area contributed by atoms with Crippen molar-refractivity contribution >= 4 is 8.07 Å². The van der Waals surface area contributed by atoms with E-state index in [4.69, 9.17) is 4.52 Å². The second-order valence-electron chi connectivity index (χ2n) is 4.54. The first kappa shape index (κ1) is 9.51. The average molecular weight is 183 g/mol. The molecule has 1 rings (SSSR count). The molecule has 1 heterocycles. The largest absolute Gasteiger partial charge is 0.361 e. The van der Waals surface area contributed by atoms with Crippen LogP contribution in [0.25, 0.3) is 0 Å². The van der Waals surface area contributed by atoms with Gasteiger partial charge in [-0.15, -0.1) is 0 Å². The molecule has 0 atom stereocenters. The van der Waals surface area contributed by atoms with Crippen LogP contribution in [0.2, 0.25) is 19.6 Å². The van der Waals surface area contributed by atoms with E-state index in [1.54, 1.807) is 0 Å². The molecule has 0 bridgehead atoms. The zero-order valence-corrected chi connectivity index (χ0v) is 9.56. The number of nitrogens with zero attached hydrogens (tertiary/aromatic N) is 1. The van der Waals surface area contributed by atoms with Crippen LogP contribution in [0.1, 0.15) is 17.0 Å². The summed E-state index contributed by atoms with van der Waals surface area (Å²) in [4.78, 5) is 0. The number of rotatable bonds is 2. The molecule has 0 aliphatic rings. The normalized spacial score (nSPS) is 12.1. The van der Waals surface area contributed by atoms with Crippen LogP contribution in [0.5, 0.6) is 0 Å². The molecular weight excluding hydrogens is 166 g/mol. The van der Waals surface area contributed by atoms with Crippen LogP contribution in [0.4, 0.5) is 0 Å². The Bertz CT molecular complexity index is 253. The molecule has 0 aliphatic carbocycles. The highest BCUT2D eigenvalue weighted by molar-refractivity contribution is 6.75. The van der Waals surface area contributed by atoms with Gasteiger partial charge >= 0.3 is 0 Å². The van der Waals surface area contributed by atoms with Crippen LogP contribution in [0.15, 0.2) is 4.52 Å². The standard InChI is InChI=1S/C9H17NOSi/c1-7-9(6-12(3,4)5)8(2)11-10-7/h6H2,1-5H3. The second-order valence-corrected chi connectivity index (χ2v) is 10.0. The van der Waals surface area contributed by atoms with Gasteiger partial charge in [-0.3, -0.25) is 0 Å². The van der Waals surface area contributed by atoms with E-state index < -0.39 is 8.07 Å². The van der Waals surface area contributed by atoms with Crippen molar-refractivity contribution < 1.29 is 4.52 Å². The number of hydrogen-bond acceptors (Lipinski definition) is 2. The van der Waals surface area contributed by atoms with Gasteiger partial charge in [0.1, 0.15) is 5.76 Å². The lowest BCUT2D eigenvalue weighted by Crippen LogP contribution is -2.24. The minimum atomic E-state index is -1.02. The van der Waals surface area contributed by atoms with Gasteiger partial charge in [0.2, 0.25) is 0 Å². The van der Waals surface area contributed by atoms with Crippen LogP contribution in [0.3, 0.4) is 0 Å². The Balaban J connectivity index is 2.88. The highest BCUT2D eigenvalue weighted by atomic mass is 28.3. The third-order valence-electron chi connectivity index (χ3n) is 1.89. The summed E-state index contributed by atoms with van der Waals surface area (Å²) in [5.74, 6) is 0.995. The third-order valence-corrected chi connectivity index (χ3v) is 3.30. The fraction of sp³-hybridized carbons (Fsp3) is 0.667. The molecule has 0 aromatic carbocycles. The smallest absolute Gasteiger partial charge is 0.136 e. The number of aromatic nitrogens is 1. The summed E-state index contributed by atoms with van der Waals surface area (Å²) in [7, 11) is -1.02. The highest BCUT2D eigenvalue weighted by Gasteiger charge is 2.19. The SMILES string of the molecule is Cc1noc(C)c1C[Si](C)(C)C. The van der Waals surface area contributed by atoms with E-state index in [9.17, 15) is 0 Å². The lowest BCUT2D eigenvalue weighted by atomic mass is 10.2. The van der Waals surface area contributed by atoms with Crippen molar-refractivity contribution in [1.29, 1.82) is 0 Å². The van der Waals surface area contributed by atoms with Crippen molar-refractivity contribution in [3.05, 3.63) is 17.0 Å². The summed E-state index contributed by atoms with van der Waals surface area (Å²) in [5.41, 5.74) is 2.39. The van der Waals surface area contributed by atoms with Crippen molar-refractivity contribution in [1.82, 2.24) is 5.16 Å². The van der Waals surface area contributed by atoms with Crippen molar-refractivity contribution in [3.8, 4) is 0 Å². The van der Waals surface area contributed by atoms with E-state index >= 15 is 0 Å². The Morgan fingerprint density at radius 3 is 2.17 bits per heavy atom. The van der Waals surface area contributed by atoms with Crippen LogP contribution >= 0.6 is 0 Å². The first-order chi connectivity index (χ1) is 5.40. The molecule has 12 heavy (non-hydrogen) atoms. The number of hydrogen-bond donors (Lipinski definition) is 0. The van der Waals surface area contributed by atoms with Gasteiger partial charge in [0.15, 0.2) is 0 Å². The maximum atomic E-state index is 5.11. The minimum absolute atomic E-state index is 0.995.